The average Bonchev–Trinajstić information content (AvgIpc) is 3.70. The number of benzene rings is 7. The van der Waals surface area contributed by atoms with E-state index in [0.717, 1.165) is 45.2 Å². The van der Waals surface area contributed by atoms with Gasteiger partial charge < -0.3 is 4.57 Å². The van der Waals surface area contributed by atoms with Crippen LogP contribution in [0.4, 0.5) is 0 Å². The lowest BCUT2D eigenvalue weighted by Gasteiger charge is -2.33. The summed E-state index contributed by atoms with van der Waals surface area (Å²) in [5.41, 5.74) is 12.7. The van der Waals surface area contributed by atoms with E-state index in [0.29, 0.717) is 0 Å². The fourth-order valence-electron chi connectivity index (χ4n) is 8.16. The Morgan fingerprint density at radius 3 is 1.56 bits per heavy atom. The number of hydrogen-bond acceptors (Lipinski definition) is 2. The zero-order valence-electron chi connectivity index (χ0n) is 27.2. The van der Waals surface area contributed by atoms with Crippen LogP contribution >= 0.6 is 0 Å². The summed E-state index contributed by atoms with van der Waals surface area (Å²) < 4.78 is 2.36. The van der Waals surface area contributed by atoms with Gasteiger partial charge in [-0.05, 0) is 46.5 Å². The zero-order chi connectivity index (χ0) is 33.1. The summed E-state index contributed by atoms with van der Waals surface area (Å²) in [5, 5.41) is 2.51. The first kappa shape index (κ1) is 28.4. The van der Waals surface area contributed by atoms with Crippen molar-refractivity contribution < 1.29 is 0 Å². The van der Waals surface area contributed by atoms with E-state index < -0.39 is 5.41 Å². The number of rotatable bonds is 5. The summed E-state index contributed by atoms with van der Waals surface area (Å²) in [7, 11) is 0. The Morgan fingerprint density at radius 2 is 0.940 bits per heavy atom. The van der Waals surface area contributed by atoms with Gasteiger partial charge in [0, 0.05) is 33.2 Å². The molecular formula is C47H31N3. The van der Waals surface area contributed by atoms with Crippen LogP contribution in [-0.2, 0) is 5.41 Å². The third-order valence-corrected chi connectivity index (χ3v) is 10.3. The van der Waals surface area contributed by atoms with Crippen molar-refractivity contribution >= 4 is 21.8 Å². The normalized spacial score (nSPS) is 13.0. The van der Waals surface area contributed by atoms with Gasteiger partial charge in [-0.3, -0.25) is 0 Å². The number of aromatic nitrogens is 3. The number of fused-ring (bicyclic) bond motifs is 6. The van der Waals surface area contributed by atoms with Crippen LogP contribution in [0, 0.1) is 0 Å². The van der Waals surface area contributed by atoms with Crippen LogP contribution in [0.25, 0.3) is 61.3 Å². The molecule has 2 aromatic heterocycles. The van der Waals surface area contributed by atoms with Crippen molar-refractivity contribution in [2.75, 3.05) is 0 Å². The largest absolute Gasteiger partial charge is 0.309 e. The van der Waals surface area contributed by atoms with Gasteiger partial charge in [0.25, 0.3) is 0 Å². The van der Waals surface area contributed by atoms with E-state index in [1.54, 1.807) is 0 Å². The standard InChI is InChI=1S/C47H31N3/c1-4-16-33(17-5-1)46-48-44(32-28-30-36(31-29-32)50-41-26-14-11-22-37(41)38-23-12-15-27-42(38)50)43-39-24-10-13-25-40(39)47(45(43)49-46,34-18-6-2-7-19-34)35-20-8-3-9-21-35/h1-31H. The Hall–Kier alpha value is -6.58. The first-order valence-electron chi connectivity index (χ1n) is 17.1. The second kappa shape index (κ2) is 11.3. The second-order valence-electron chi connectivity index (χ2n) is 12.9. The van der Waals surface area contributed by atoms with Crippen molar-refractivity contribution in [3.63, 3.8) is 0 Å². The molecule has 7 aromatic carbocycles. The van der Waals surface area contributed by atoms with Crippen LogP contribution in [0.2, 0.25) is 0 Å². The maximum Gasteiger partial charge on any atom is 0.160 e. The SMILES string of the molecule is c1ccc(-c2nc(-c3ccc(-n4c5ccccc5c5ccccc54)cc3)c3c(n2)C(c2ccccc2)(c2ccccc2)c2ccccc2-3)cc1. The molecule has 1 aliphatic rings. The van der Waals surface area contributed by atoms with E-state index in [2.05, 4.69) is 187 Å². The topological polar surface area (TPSA) is 30.7 Å². The van der Waals surface area contributed by atoms with E-state index >= 15 is 0 Å². The molecule has 1 aliphatic carbocycles. The highest BCUT2D eigenvalue weighted by atomic mass is 15.0. The molecule has 2 heterocycles. The Balaban J connectivity index is 1.26. The van der Waals surface area contributed by atoms with Gasteiger partial charge in [0.2, 0.25) is 0 Å². The molecule has 0 unspecified atom stereocenters. The number of para-hydroxylation sites is 2. The summed E-state index contributed by atoms with van der Waals surface area (Å²) in [4.78, 5) is 11.0. The maximum atomic E-state index is 5.54. The molecule has 0 fully saturated rings. The zero-order valence-corrected chi connectivity index (χ0v) is 27.2. The van der Waals surface area contributed by atoms with Crippen molar-refractivity contribution in [3.8, 4) is 39.5 Å². The predicted molar refractivity (Wildman–Crippen MR) is 205 cm³/mol. The fourth-order valence-corrected chi connectivity index (χ4v) is 8.16. The van der Waals surface area contributed by atoms with Gasteiger partial charge >= 0.3 is 0 Å². The average molecular weight is 638 g/mol. The maximum absolute atomic E-state index is 5.54. The van der Waals surface area contributed by atoms with Crippen LogP contribution in [0.15, 0.2) is 188 Å². The molecule has 10 rings (SSSR count). The molecule has 0 N–H and O–H groups in total. The van der Waals surface area contributed by atoms with E-state index in [1.807, 2.05) is 6.07 Å². The molecule has 50 heavy (non-hydrogen) atoms. The van der Waals surface area contributed by atoms with Crippen molar-refractivity contribution in [1.29, 1.82) is 0 Å². The van der Waals surface area contributed by atoms with E-state index in [1.165, 1.54) is 38.5 Å². The minimum Gasteiger partial charge on any atom is -0.309 e. The smallest absolute Gasteiger partial charge is 0.160 e. The third-order valence-electron chi connectivity index (χ3n) is 10.3. The van der Waals surface area contributed by atoms with Crippen LogP contribution in [0.1, 0.15) is 22.4 Å². The molecule has 0 saturated carbocycles. The highest BCUT2D eigenvalue weighted by Gasteiger charge is 2.49. The molecule has 0 saturated heterocycles. The van der Waals surface area contributed by atoms with Gasteiger partial charge in [-0.1, -0.05) is 164 Å². The van der Waals surface area contributed by atoms with E-state index in [4.69, 9.17) is 9.97 Å². The Kier molecular flexibility index (Phi) is 6.40. The monoisotopic (exact) mass is 637 g/mol. The third kappa shape index (κ3) is 4.10. The lowest BCUT2D eigenvalue weighted by Crippen LogP contribution is -2.30. The van der Waals surface area contributed by atoms with Gasteiger partial charge in [0.05, 0.1) is 27.8 Å². The van der Waals surface area contributed by atoms with Crippen LogP contribution in [0.5, 0.6) is 0 Å². The van der Waals surface area contributed by atoms with Crippen molar-refractivity contribution in [2.45, 2.75) is 5.41 Å². The second-order valence-corrected chi connectivity index (χ2v) is 12.9. The predicted octanol–water partition coefficient (Wildman–Crippen LogP) is 11.3. The lowest BCUT2D eigenvalue weighted by atomic mass is 9.69. The summed E-state index contributed by atoms with van der Waals surface area (Å²) in [6.07, 6.45) is 0. The van der Waals surface area contributed by atoms with Gasteiger partial charge in [-0.2, -0.15) is 0 Å². The minimum absolute atomic E-state index is 0.626. The minimum atomic E-state index is -0.626. The van der Waals surface area contributed by atoms with Crippen molar-refractivity contribution in [2.24, 2.45) is 0 Å². The van der Waals surface area contributed by atoms with E-state index in [9.17, 15) is 0 Å². The molecule has 234 valence electrons. The van der Waals surface area contributed by atoms with Gasteiger partial charge in [-0.15, -0.1) is 0 Å². The van der Waals surface area contributed by atoms with Gasteiger partial charge in [0.15, 0.2) is 5.82 Å². The molecule has 9 aromatic rings. The summed E-state index contributed by atoms with van der Waals surface area (Å²) in [6.45, 7) is 0. The lowest BCUT2D eigenvalue weighted by molar-refractivity contribution is 0.736. The molecule has 0 bridgehead atoms. The van der Waals surface area contributed by atoms with Crippen molar-refractivity contribution in [1.82, 2.24) is 14.5 Å². The highest BCUT2D eigenvalue weighted by Crippen LogP contribution is 2.57. The quantitative estimate of drug-likeness (QED) is 0.188. The van der Waals surface area contributed by atoms with E-state index in [-0.39, 0.29) is 0 Å². The summed E-state index contributed by atoms with van der Waals surface area (Å²) >= 11 is 0. The Bertz CT molecular complexity index is 2580. The number of nitrogens with zero attached hydrogens (tertiary/aromatic N) is 3. The Labute approximate surface area is 290 Å². The van der Waals surface area contributed by atoms with Gasteiger partial charge in [-0.25, -0.2) is 9.97 Å². The molecule has 0 amide bonds. The molecule has 0 atom stereocenters. The Morgan fingerprint density at radius 1 is 0.420 bits per heavy atom. The molecule has 0 aliphatic heterocycles. The van der Waals surface area contributed by atoms with Gasteiger partial charge in [0.1, 0.15) is 0 Å². The fraction of sp³-hybridized carbons (Fsp3) is 0.0213. The van der Waals surface area contributed by atoms with Crippen LogP contribution in [-0.4, -0.2) is 14.5 Å². The molecular weight excluding hydrogens is 607 g/mol. The summed E-state index contributed by atoms with van der Waals surface area (Å²) in [5.74, 6) is 0.717. The first-order valence-corrected chi connectivity index (χ1v) is 17.1. The first-order chi connectivity index (χ1) is 24.8. The van der Waals surface area contributed by atoms with Crippen LogP contribution in [0.3, 0.4) is 0 Å². The van der Waals surface area contributed by atoms with Crippen LogP contribution < -0.4 is 0 Å². The molecule has 0 radical (unpaired) electrons. The highest BCUT2D eigenvalue weighted by molar-refractivity contribution is 6.09. The molecule has 3 heteroatoms. The molecule has 3 nitrogen and oxygen atoms in total. The number of hydrogen-bond donors (Lipinski definition) is 0. The molecule has 0 spiro atoms. The van der Waals surface area contributed by atoms with Crippen molar-refractivity contribution in [3.05, 3.63) is 210 Å². The summed E-state index contributed by atoms with van der Waals surface area (Å²) in [6, 6.07) is 67.0.